The van der Waals surface area contributed by atoms with Gasteiger partial charge in [0.25, 0.3) is 0 Å². The van der Waals surface area contributed by atoms with Crippen LogP contribution in [0.25, 0.3) is 5.65 Å². The number of nitrogens with zero attached hydrogens (tertiary/aromatic N) is 4. The number of benzene rings is 1. The van der Waals surface area contributed by atoms with Gasteiger partial charge in [-0.1, -0.05) is 30.3 Å². The Kier molecular flexibility index (Phi) is 4.12. The fourth-order valence-electron chi connectivity index (χ4n) is 2.24. The van der Waals surface area contributed by atoms with Crippen molar-refractivity contribution < 1.29 is 30.7 Å². The van der Waals surface area contributed by atoms with Crippen LogP contribution in [-0.2, 0) is 12.3 Å². The van der Waals surface area contributed by atoms with Crippen molar-refractivity contribution in [3.8, 4) is 0 Å². The second-order valence-corrected chi connectivity index (χ2v) is 5.43. The van der Waals surface area contributed by atoms with Gasteiger partial charge in [0.1, 0.15) is 0 Å². The average Bonchev–Trinajstić information content (AvgIpc) is 2.98. The first-order chi connectivity index (χ1) is 12.0. The van der Waals surface area contributed by atoms with E-state index < -0.39 is 23.8 Å². The van der Waals surface area contributed by atoms with E-state index in [1.807, 2.05) is 0 Å². The minimum absolute atomic E-state index is 0.148. The summed E-state index contributed by atoms with van der Waals surface area (Å²) < 4.78 is 91.7. The number of alkyl halides is 7. The summed E-state index contributed by atoms with van der Waals surface area (Å²) in [5.74, 6) is -13.9. The standard InChI is InChI=1S/C15H9F7N4/c16-13(17,14(18,19)15(20,21)22)12-24-23-11-7-6-10(25-26(11)12)8-9-4-2-1-3-5-9/h1-7H,8H2. The zero-order valence-corrected chi connectivity index (χ0v) is 12.7. The van der Waals surface area contributed by atoms with Crippen molar-refractivity contribution in [3.63, 3.8) is 0 Å². The molecular formula is C15H9F7N4. The van der Waals surface area contributed by atoms with Gasteiger partial charge in [0.15, 0.2) is 5.65 Å². The lowest BCUT2D eigenvalue weighted by Gasteiger charge is -2.26. The molecule has 0 saturated carbocycles. The number of hydrogen-bond donors (Lipinski definition) is 0. The summed E-state index contributed by atoms with van der Waals surface area (Å²) in [7, 11) is 0. The Hall–Kier alpha value is -2.72. The summed E-state index contributed by atoms with van der Waals surface area (Å²) in [5, 5.41) is 9.72. The van der Waals surface area contributed by atoms with Gasteiger partial charge in [-0.2, -0.15) is 40.3 Å². The van der Waals surface area contributed by atoms with Gasteiger partial charge in [0.2, 0.25) is 5.82 Å². The minimum Gasteiger partial charge on any atom is -0.191 e. The molecule has 3 aromatic rings. The lowest BCUT2D eigenvalue weighted by atomic mass is 10.1. The van der Waals surface area contributed by atoms with Crippen molar-refractivity contribution in [1.29, 1.82) is 0 Å². The van der Waals surface area contributed by atoms with Crippen LogP contribution >= 0.6 is 0 Å². The first-order valence-corrected chi connectivity index (χ1v) is 7.12. The second-order valence-electron chi connectivity index (χ2n) is 5.43. The Morgan fingerprint density at radius 1 is 0.808 bits per heavy atom. The molecule has 0 saturated heterocycles. The van der Waals surface area contributed by atoms with Crippen LogP contribution in [0.2, 0.25) is 0 Å². The first-order valence-electron chi connectivity index (χ1n) is 7.12. The Morgan fingerprint density at radius 2 is 1.46 bits per heavy atom. The van der Waals surface area contributed by atoms with E-state index in [0.717, 1.165) is 11.6 Å². The van der Waals surface area contributed by atoms with E-state index in [1.165, 1.54) is 6.07 Å². The molecule has 0 bridgehead atoms. The van der Waals surface area contributed by atoms with Gasteiger partial charge < -0.3 is 0 Å². The first kappa shape index (κ1) is 18.1. The van der Waals surface area contributed by atoms with Gasteiger partial charge in [-0.3, -0.25) is 0 Å². The summed E-state index contributed by atoms with van der Waals surface area (Å²) in [4.78, 5) is 0. The molecule has 0 radical (unpaired) electrons. The SMILES string of the molecule is FC(F)(F)C(F)(F)C(F)(F)c1nnc2ccc(Cc3ccccc3)nn12. The minimum atomic E-state index is -6.47. The number of hydrogen-bond acceptors (Lipinski definition) is 3. The topological polar surface area (TPSA) is 43.1 Å². The fourth-order valence-corrected chi connectivity index (χ4v) is 2.24. The molecule has 0 aliphatic heterocycles. The summed E-state index contributed by atoms with van der Waals surface area (Å²) in [6, 6.07) is 11.2. The predicted molar refractivity (Wildman–Crippen MR) is 74.9 cm³/mol. The number of rotatable bonds is 4. The molecule has 26 heavy (non-hydrogen) atoms. The Bertz CT molecular complexity index is 919. The largest absolute Gasteiger partial charge is 0.460 e. The monoisotopic (exact) mass is 378 g/mol. The van der Waals surface area contributed by atoms with E-state index in [2.05, 4.69) is 15.3 Å². The van der Waals surface area contributed by atoms with E-state index in [4.69, 9.17) is 0 Å². The van der Waals surface area contributed by atoms with E-state index in [1.54, 1.807) is 30.3 Å². The van der Waals surface area contributed by atoms with Crippen molar-refractivity contribution in [2.24, 2.45) is 0 Å². The van der Waals surface area contributed by atoms with Crippen LogP contribution in [0.3, 0.4) is 0 Å². The molecule has 2 heterocycles. The highest BCUT2D eigenvalue weighted by molar-refractivity contribution is 5.38. The molecule has 1 aromatic carbocycles. The van der Waals surface area contributed by atoms with Crippen molar-refractivity contribution in [3.05, 3.63) is 59.5 Å². The average molecular weight is 378 g/mol. The molecule has 0 fully saturated rings. The zero-order chi connectivity index (χ0) is 19.2. The third-order valence-corrected chi connectivity index (χ3v) is 3.58. The third kappa shape index (κ3) is 2.86. The van der Waals surface area contributed by atoms with Gasteiger partial charge in [-0.05, 0) is 17.7 Å². The molecule has 2 aromatic heterocycles. The van der Waals surface area contributed by atoms with Crippen LogP contribution in [0, 0.1) is 0 Å². The molecule has 0 N–H and O–H groups in total. The van der Waals surface area contributed by atoms with Crippen molar-refractivity contribution in [2.45, 2.75) is 24.4 Å². The molecule has 0 aliphatic rings. The predicted octanol–water partition coefficient (Wildman–Crippen LogP) is 4.00. The maximum atomic E-state index is 13.9. The highest BCUT2D eigenvalue weighted by Crippen LogP contribution is 2.51. The van der Waals surface area contributed by atoms with Gasteiger partial charge >= 0.3 is 18.0 Å². The normalized spacial score (nSPS) is 13.3. The molecular weight excluding hydrogens is 369 g/mol. The Balaban J connectivity index is 2.06. The van der Waals surface area contributed by atoms with Crippen LogP contribution < -0.4 is 0 Å². The molecule has 0 atom stereocenters. The maximum absolute atomic E-state index is 13.9. The summed E-state index contributed by atoms with van der Waals surface area (Å²) in [5.41, 5.74) is 0.520. The lowest BCUT2D eigenvalue weighted by molar-refractivity contribution is -0.361. The van der Waals surface area contributed by atoms with Gasteiger partial charge in [0.05, 0.1) is 5.69 Å². The highest BCUT2D eigenvalue weighted by Gasteiger charge is 2.75. The molecule has 3 rings (SSSR count). The molecule has 11 heteroatoms. The van der Waals surface area contributed by atoms with Crippen LogP contribution in [0.5, 0.6) is 0 Å². The van der Waals surface area contributed by atoms with Gasteiger partial charge in [-0.25, -0.2) is 0 Å². The molecule has 138 valence electrons. The third-order valence-electron chi connectivity index (χ3n) is 3.58. The summed E-state index contributed by atoms with van der Waals surface area (Å²) in [6.45, 7) is 0. The van der Waals surface area contributed by atoms with Gasteiger partial charge in [0, 0.05) is 6.42 Å². The lowest BCUT2D eigenvalue weighted by Crippen LogP contribution is -2.51. The molecule has 0 amide bonds. The van der Waals surface area contributed by atoms with Crippen LogP contribution in [0.15, 0.2) is 42.5 Å². The second kappa shape index (κ2) is 5.92. The highest BCUT2D eigenvalue weighted by atomic mass is 19.4. The van der Waals surface area contributed by atoms with E-state index in [0.29, 0.717) is 0 Å². The molecule has 0 unspecified atom stereocenters. The summed E-state index contributed by atoms with van der Waals surface area (Å²) >= 11 is 0. The molecule has 0 spiro atoms. The quantitative estimate of drug-likeness (QED) is 0.645. The fraction of sp³-hybridized carbons (Fsp3) is 0.267. The van der Waals surface area contributed by atoms with Gasteiger partial charge in [-0.15, -0.1) is 10.2 Å². The van der Waals surface area contributed by atoms with Crippen LogP contribution in [0.4, 0.5) is 30.7 Å². The van der Waals surface area contributed by atoms with Crippen molar-refractivity contribution in [1.82, 2.24) is 19.8 Å². The number of aromatic nitrogens is 4. The van der Waals surface area contributed by atoms with Crippen molar-refractivity contribution >= 4 is 5.65 Å². The zero-order valence-electron chi connectivity index (χ0n) is 12.7. The van der Waals surface area contributed by atoms with E-state index in [-0.39, 0.29) is 22.3 Å². The van der Waals surface area contributed by atoms with E-state index in [9.17, 15) is 30.7 Å². The number of halogens is 7. The molecule has 4 nitrogen and oxygen atoms in total. The number of fused-ring (bicyclic) bond motifs is 1. The van der Waals surface area contributed by atoms with E-state index >= 15 is 0 Å². The maximum Gasteiger partial charge on any atom is 0.460 e. The Labute approximate surface area is 141 Å². The van der Waals surface area contributed by atoms with Crippen LogP contribution in [0.1, 0.15) is 17.1 Å². The smallest absolute Gasteiger partial charge is 0.191 e. The summed E-state index contributed by atoms with van der Waals surface area (Å²) in [6.07, 6.45) is -6.32. The molecule has 0 aliphatic carbocycles. The van der Waals surface area contributed by atoms with Crippen LogP contribution in [-0.4, -0.2) is 31.9 Å². The Morgan fingerprint density at radius 3 is 2.08 bits per heavy atom. The van der Waals surface area contributed by atoms with Crippen molar-refractivity contribution in [2.75, 3.05) is 0 Å².